The molecule has 0 heterocycles. The fourth-order valence-corrected chi connectivity index (χ4v) is 2.87. The number of phenols is 1. The lowest BCUT2D eigenvalue weighted by molar-refractivity contribution is -0.116. The first kappa shape index (κ1) is 18.7. The molecule has 0 spiro atoms. The monoisotopic (exact) mass is 360 g/mol. The van der Waals surface area contributed by atoms with Gasteiger partial charge in [0.15, 0.2) is 0 Å². The summed E-state index contributed by atoms with van der Waals surface area (Å²) in [5, 5.41) is 13.3. The summed E-state index contributed by atoms with van der Waals surface area (Å²) in [6, 6.07) is 13.9. The maximum Gasteiger partial charge on any atom is 0.233 e. The van der Waals surface area contributed by atoms with E-state index in [4.69, 9.17) is 0 Å². The zero-order valence-corrected chi connectivity index (χ0v) is 14.6. The van der Waals surface area contributed by atoms with Crippen molar-refractivity contribution in [2.75, 3.05) is 11.9 Å². The van der Waals surface area contributed by atoms with E-state index in [9.17, 15) is 18.3 Å². The number of anilines is 1. The molecule has 7 heteroatoms. The average Bonchev–Trinajstić information content (AvgIpc) is 2.56. The van der Waals surface area contributed by atoms with Gasteiger partial charge in [-0.2, -0.15) is 0 Å². The van der Waals surface area contributed by atoms with Crippen molar-refractivity contribution in [3.63, 3.8) is 0 Å². The second-order valence-corrected chi connectivity index (χ2v) is 7.12. The number of carbonyl (C=O) groups is 1. The fraction of sp³-hybridized carbons (Fsp3) is 0.167. The Hall–Kier alpha value is -2.64. The number of carbonyl (C=O) groups excluding carboxylic acids is 1. The zero-order valence-electron chi connectivity index (χ0n) is 13.8. The molecule has 1 amide bonds. The first-order valence-corrected chi connectivity index (χ1v) is 9.23. The standard InChI is InChI=1S/C18H20N2O4S/c1-14-7-8-16(17(21)13-14)20-18(22)9-11-19-25(23,24)12-10-15-5-3-2-4-6-15/h2-8,10,12-13,19,21H,9,11H2,1H3,(H,20,22)/b12-10+. The highest BCUT2D eigenvalue weighted by Crippen LogP contribution is 2.23. The third-order valence-corrected chi connectivity index (χ3v) is 4.42. The molecule has 0 atom stereocenters. The number of sulfonamides is 1. The van der Waals surface area contributed by atoms with Gasteiger partial charge >= 0.3 is 0 Å². The van der Waals surface area contributed by atoms with Gasteiger partial charge in [-0.05, 0) is 36.3 Å². The van der Waals surface area contributed by atoms with Gasteiger partial charge in [0.25, 0.3) is 0 Å². The van der Waals surface area contributed by atoms with Gasteiger partial charge in [-0.3, -0.25) is 4.79 Å². The summed E-state index contributed by atoms with van der Waals surface area (Å²) in [7, 11) is -3.62. The van der Waals surface area contributed by atoms with Crippen LogP contribution in [0.5, 0.6) is 5.75 Å². The molecule has 0 radical (unpaired) electrons. The summed E-state index contributed by atoms with van der Waals surface area (Å²) in [6.07, 6.45) is 1.43. The van der Waals surface area contributed by atoms with Crippen molar-refractivity contribution < 1.29 is 18.3 Å². The summed E-state index contributed by atoms with van der Waals surface area (Å²) in [5.41, 5.74) is 1.93. The first-order chi connectivity index (χ1) is 11.9. The second kappa shape index (κ2) is 8.46. The largest absolute Gasteiger partial charge is 0.506 e. The topological polar surface area (TPSA) is 95.5 Å². The van der Waals surface area contributed by atoms with Crippen LogP contribution in [0.2, 0.25) is 0 Å². The normalized spacial score (nSPS) is 11.6. The molecule has 25 heavy (non-hydrogen) atoms. The lowest BCUT2D eigenvalue weighted by Crippen LogP contribution is -2.26. The fourth-order valence-electron chi connectivity index (χ4n) is 2.05. The lowest BCUT2D eigenvalue weighted by atomic mass is 10.2. The molecular formula is C18H20N2O4S. The molecule has 3 N–H and O–H groups in total. The molecule has 0 saturated carbocycles. The van der Waals surface area contributed by atoms with Crippen molar-refractivity contribution >= 4 is 27.7 Å². The molecule has 0 aliphatic carbocycles. The highest BCUT2D eigenvalue weighted by molar-refractivity contribution is 7.92. The van der Waals surface area contributed by atoms with Crippen molar-refractivity contribution in [1.29, 1.82) is 0 Å². The van der Waals surface area contributed by atoms with E-state index in [2.05, 4.69) is 10.0 Å². The van der Waals surface area contributed by atoms with Crippen LogP contribution in [0, 0.1) is 6.92 Å². The number of hydrogen-bond acceptors (Lipinski definition) is 4. The van der Waals surface area contributed by atoms with Crippen molar-refractivity contribution in [2.24, 2.45) is 0 Å². The van der Waals surface area contributed by atoms with Crippen LogP contribution in [0.1, 0.15) is 17.5 Å². The molecule has 2 aromatic carbocycles. The molecule has 6 nitrogen and oxygen atoms in total. The highest BCUT2D eigenvalue weighted by Gasteiger charge is 2.09. The van der Waals surface area contributed by atoms with Crippen LogP contribution in [0.3, 0.4) is 0 Å². The van der Waals surface area contributed by atoms with Crippen LogP contribution < -0.4 is 10.0 Å². The van der Waals surface area contributed by atoms with E-state index in [-0.39, 0.29) is 18.7 Å². The van der Waals surface area contributed by atoms with Gasteiger partial charge in [0, 0.05) is 18.4 Å². The number of aryl methyl sites for hydroxylation is 1. The number of rotatable bonds is 7. The summed E-state index contributed by atoms with van der Waals surface area (Å²) in [6.45, 7) is 1.78. The molecule has 0 aliphatic heterocycles. The molecule has 0 saturated heterocycles. The Morgan fingerprint density at radius 2 is 1.88 bits per heavy atom. The minimum Gasteiger partial charge on any atom is -0.506 e. The van der Waals surface area contributed by atoms with E-state index in [1.165, 1.54) is 12.1 Å². The summed E-state index contributed by atoms with van der Waals surface area (Å²) in [4.78, 5) is 11.8. The van der Waals surface area contributed by atoms with Crippen LogP contribution in [0.25, 0.3) is 6.08 Å². The van der Waals surface area contributed by atoms with Gasteiger partial charge in [-0.1, -0.05) is 36.4 Å². The van der Waals surface area contributed by atoms with Crippen LogP contribution in [0.4, 0.5) is 5.69 Å². The Bertz CT molecular complexity index is 862. The SMILES string of the molecule is Cc1ccc(NC(=O)CCNS(=O)(=O)/C=C/c2ccccc2)c(O)c1. The first-order valence-electron chi connectivity index (χ1n) is 7.68. The van der Waals surface area contributed by atoms with Crippen LogP contribution >= 0.6 is 0 Å². The zero-order chi connectivity index (χ0) is 18.3. The van der Waals surface area contributed by atoms with E-state index in [1.54, 1.807) is 24.3 Å². The van der Waals surface area contributed by atoms with Crippen molar-refractivity contribution in [2.45, 2.75) is 13.3 Å². The van der Waals surface area contributed by atoms with Gasteiger partial charge in [-0.15, -0.1) is 0 Å². The van der Waals surface area contributed by atoms with Gasteiger partial charge < -0.3 is 10.4 Å². The minimum atomic E-state index is -3.62. The molecule has 132 valence electrons. The second-order valence-electron chi connectivity index (χ2n) is 5.47. The molecule has 2 rings (SSSR count). The van der Waals surface area contributed by atoms with Gasteiger partial charge in [0.05, 0.1) is 5.69 Å². The summed E-state index contributed by atoms with van der Waals surface area (Å²) in [5.74, 6) is -0.423. The van der Waals surface area contributed by atoms with Crippen molar-refractivity contribution in [3.05, 3.63) is 65.1 Å². The Labute approximate surface area is 147 Å². The van der Waals surface area contributed by atoms with Gasteiger partial charge in [-0.25, -0.2) is 13.1 Å². The van der Waals surface area contributed by atoms with Crippen molar-refractivity contribution in [1.82, 2.24) is 4.72 Å². The Kier molecular flexibility index (Phi) is 6.32. The predicted molar refractivity (Wildman–Crippen MR) is 98.5 cm³/mol. The maximum atomic E-state index is 11.9. The van der Waals surface area contributed by atoms with Crippen LogP contribution in [-0.2, 0) is 14.8 Å². The molecule has 0 bridgehead atoms. The maximum absolute atomic E-state index is 11.9. The van der Waals surface area contributed by atoms with E-state index in [1.807, 2.05) is 25.1 Å². The Morgan fingerprint density at radius 3 is 2.56 bits per heavy atom. The van der Waals surface area contributed by atoms with Gasteiger partial charge in [0.1, 0.15) is 5.75 Å². The quantitative estimate of drug-likeness (QED) is 0.662. The Balaban J connectivity index is 1.82. The summed E-state index contributed by atoms with van der Waals surface area (Å²) >= 11 is 0. The average molecular weight is 360 g/mol. The van der Waals surface area contributed by atoms with Crippen LogP contribution in [-0.4, -0.2) is 26.0 Å². The van der Waals surface area contributed by atoms with E-state index in [0.29, 0.717) is 5.69 Å². The number of amides is 1. The van der Waals surface area contributed by atoms with Crippen molar-refractivity contribution in [3.8, 4) is 5.75 Å². The third kappa shape index (κ3) is 6.40. The Morgan fingerprint density at radius 1 is 1.16 bits per heavy atom. The number of phenolic OH excluding ortho intramolecular Hbond substituents is 1. The molecule has 0 aliphatic rings. The van der Waals surface area contributed by atoms with E-state index < -0.39 is 15.9 Å². The third-order valence-electron chi connectivity index (χ3n) is 3.32. The predicted octanol–water partition coefficient (Wildman–Crippen LogP) is 2.62. The van der Waals surface area contributed by atoms with Gasteiger partial charge in [0.2, 0.25) is 15.9 Å². The van der Waals surface area contributed by atoms with E-state index in [0.717, 1.165) is 16.5 Å². The molecule has 0 aromatic heterocycles. The molecular weight excluding hydrogens is 340 g/mol. The smallest absolute Gasteiger partial charge is 0.233 e. The minimum absolute atomic E-state index is 0.0280. The lowest BCUT2D eigenvalue weighted by Gasteiger charge is -2.08. The van der Waals surface area contributed by atoms with E-state index >= 15 is 0 Å². The summed E-state index contributed by atoms with van der Waals surface area (Å²) < 4.78 is 26.1. The molecule has 0 fully saturated rings. The van der Waals surface area contributed by atoms with Crippen LogP contribution in [0.15, 0.2) is 53.9 Å². The molecule has 2 aromatic rings. The molecule has 0 unspecified atom stereocenters. The number of aromatic hydroxyl groups is 1. The number of nitrogens with one attached hydrogen (secondary N) is 2. The highest BCUT2D eigenvalue weighted by atomic mass is 32.2. The number of benzene rings is 2. The number of hydrogen-bond donors (Lipinski definition) is 3.